The number of hydrogen-bond donors (Lipinski definition) is 0. The topological polar surface area (TPSA) is 18.5 Å². The Morgan fingerprint density at radius 3 is 2.18 bits per heavy atom. The van der Waals surface area contributed by atoms with Crippen molar-refractivity contribution in [2.45, 2.75) is 51.6 Å². The van der Waals surface area contributed by atoms with E-state index in [-0.39, 0.29) is 48.2 Å². The lowest BCUT2D eigenvalue weighted by molar-refractivity contribution is -0.00137. The molecule has 1 heterocycles. The fourth-order valence-electron chi connectivity index (χ4n) is 4.80. The van der Waals surface area contributed by atoms with Crippen LogP contribution in [0.1, 0.15) is 55.7 Å². The van der Waals surface area contributed by atoms with Crippen molar-refractivity contribution in [1.82, 2.24) is 0 Å². The molecule has 3 aromatic rings. The zero-order valence-corrected chi connectivity index (χ0v) is 21.1. The summed E-state index contributed by atoms with van der Waals surface area (Å²) in [7, 11) is 0. The van der Waals surface area contributed by atoms with Gasteiger partial charge in [0.15, 0.2) is 34.8 Å². The molecule has 0 radical (unpaired) electrons. The van der Waals surface area contributed by atoms with E-state index in [4.69, 9.17) is 9.47 Å². The van der Waals surface area contributed by atoms with Crippen LogP contribution in [0.25, 0.3) is 17.2 Å². The zero-order valence-electron chi connectivity index (χ0n) is 21.1. The van der Waals surface area contributed by atoms with E-state index in [2.05, 4.69) is 0 Å². The van der Waals surface area contributed by atoms with Crippen molar-refractivity contribution < 1.29 is 35.8 Å². The molecule has 0 spiro atoms. The van der Waals surface area contributed by atoms with Crippen LogP contribution < -0.4 is 4.74 Å². The van der Waals surface area contributed by atoms with E-state index < -0.39 is 51.9 Å². The predicted octanol–water partition coefficient (Wildman–Crippen LogP) is 8.52. The summed E-state index contributed by atoms with van der Waals surface area (Å²) in [6, 6.07) is 8.00. The monoisotopic (exact) mass is 534 g/mol. The number of ether oxygens (including phenoxy) is 2. The van der Waals surface area contributed by atoms with Crippen molar-refractivity contribution in [3.8, 4) is 16.9 Å². The molecule has 0 N–H and O–H groups in total. The van der Waals surface area contributed by atoms with E-state index in [0.717, 1.165) is 6.07 Å². The summed E-state index contributed by atoms with van der Waals surface area (Å²) in [5, 5.41) is 0. The standard InChI is InChI=1S/C30H28F6O2/c1-3-5-17-6-7-18(26(32)25(17)31)8-10-20-11-9-19(16-38-20)21-12-13-22(28(34)27(21)33)23-14-15-24(37-4-2)30(36)29(23)35/h3,5-7,12-15,19-20H,4,8-11,16H2,1-2H3. The highest BCUT2D eigenvalue weighted by Crippen LogP contribution is 2.37. The Labute approximate surface area is 217 Å². The molecular weight excluding hydrogens is 506 g/mol. The van der Waals surface area contributed by atoms with Crippen LogP contribution in [-0.2, 0) is 11.2 Å². The van der Waals surface area contributed by atoms with Crippen LogP contribution in [0.3, 0.4) is 0 Å². The largest absolute Gasteiger partial charge is 0.491 e. The molecule has 2 unspecified atom stereocenters. The SMILES string of the molecule is CC=Cc1ccc(CCC2CCC(c3ccc(-c4ccc(OCC)c(F)c4F)c(F)c3F)CO2)c(F)c1F. The average molecular weight is 535 g/mol. The molecule has 2 atom stereocenters. The Bertz CT molecular complexity index is 1330. The summed E-state index contributed by atoms with van der Waals surface area (Å²) < 4.78 is 98.3. The molecule has 0 amide bonds. The predicted molar refractivity (Wildman–Crippen MR) is 134 cm³/mol. The first-order chi connectivity index (χ1) is 18.3. The first-order valence-corrected chi connectivity index (χ1v) is 12.6. The first kappa shape index (κ1) is 27.8. The quantitative estimate of drug-likeness (QED) is 0.270. The molecule has 8 heteroatoms. The van der Waals surface area contributed by atoms with E-state index >= 15 is 4.39 Å². The van der Waals surface area contributed by atoms with Crippen LogP contribution in [-0.4, -0.2) is 19.3 Å². The minimum Gasteiger partial charge on any atom is -0.491 e. The lowest BCUT2D eigenvalue weighted by Gasteiger charge is -2.30. The van der Waals surface area contributed by atoms with Gasteiger partial charge in [-0.1, -0.05) is 36.4 Å². The maximum absolute atomic E-state index is 15.0. The Kier molecular flexibility index (Phi) is 8.82. The third kappa shape index (κ3) is 5.60. The van der Waals surface area contributed by atoms with Gasteiger partial charge >= 0.3 is 0 Å². The van der Waals surface area contributed by atoms with Gasteiger partial charge < -0.3 is 9.47 Å². The number of hydrogen-bond acceptors (Lipinski definition) is 2. The molecule has 0 aliphatic carbocycles. The van der Waals surface area contributed by atoms with Crippen molar-refractivity contribution >= 4 is 6.08 Å². The lowest BCUT2D eigenvalue weighted by atomic mass is 9.88. The van der Waals surface area contributed by atoms with Gasteiger partial charge in [-0.05, 0) is 62.8 Å². The maximum atomic E-state index is 15.0. The van der Waals surface area contributed by atoms with Crippen LogP contribution >= 0.6 is 0 Å². The number of aryl methyl sites for hydroxylation is 1. The van der Waals surface area contributed by atoms with Gasteiger partial charge in [-0.25, -0.2) is 22.0 Å². The minimum absolute atomic E-state index is 0.0872. The molecule has 1 fully saturated rings. The number of halogens is 6. The fraction of sp³-hybridized carbons (Fsp3) is 0.333. The Hall–Kier alpha value is -3.26. The Balaban J connectivity index is 1.42. The third-order valence-corrected chi connectivity index (χ3v) is 6.83. The maximum Gasteiger partial charge on any atom is 0.201 e. The van der Waals surface area contributed by atoms with E-state index in [1.54, 1.807) is 26.0 Å². The molecule has 1 aliphatic rings. The molecule has 3 aromatic carbocycles. The second kappa shape index (κ2) is 12.1. The van der Waals surface area contributed by atoms with Gasteiger partial charge in [-0.3, -0.25) is 0 Å². The van der Waals surface area contributed by atoms with Gasteiger partial charge in [0.2, 0.25) is 5.82 Å². The van der Waals surface area contributed by atoms with Gasteiger partial charge in [0.1, 0.15) is 0 Å². The molecule has 38 heavy (non-hydrogen) atoms. The summed E-state index contributed by atoms with van der Waals surface area (Å²) in [5.41, 5.74) is -0.278. The normalized spacial score (nSPS) is 17.8. The first-order valence-electron chi connectivity index (χ1n) is 12.6. The van der Waals surface area contributed by atoms with Crippen molar-refractivity contribution in [3.63, 3.8) is 0 Å². The van der Waals surface area contributed by atoms with Crippen molar-refractivity contribution in [2.24, 2.45) is 0 Å². The van der Waals surface area contributed by atoms with Crippen LogP contribution in [0.15, 0.2) is 42.5 Å². The average Bonchev–Trinajstić information content (AvgIpc) is 2.92. The molecule has 1 saturated heterocycles. The summed E-state index contributed by atoms with van der Waals surface area (Å²) in [6.07, 6.45) is 4.62. The molecule has 0 saturated carbocycles. The highest BCUT2D eigenvalue weighted by molar-refractivity contribution is 5.67. The highest BCUT2D eigenvalue weighted by Gasteiger charge is 2.28. The molecular formula is C30H28F6O2. The zero-order chi connectivity index (χ0) is 27.4. The summed E-state index contributed by atoms with van der Waals surface area (Å²) >= 11 is 0. The van der Waals surface area contributed by atoms with Gasteiger partial charge in [-0.15, -0.1) is 0 Å². The second-order valence-electron chi connectivity index (χ2n) is 9.21. The summed E-state index contributed by atoms with van der Waals surface area (Å²) in [5.74, 6) is -7.51. The third-order valence-electron chi connectivity index (χ3n) is 6.83. The minimum atomic E-state index is -1.32. The molecule has 202 valence electrons. The molecule has 0 aromatic heterocycles. The molecule has 4 rings (SSSR count). The highest BCUT2D eigenvalue weighted by atomic mass is 19.2. The Morgan fingerprint density at radius 1 is 0.816 bits per heavy atom. The summed E-state index contributed by atoms with van der Waals surface area (Å²) in [4.78, 5) is 0. The van der Waals surface area contributed by atoms with Crippen LogP contribution in [0.2, 0.25) is 0 Å². The van der Waals surface area contributed by atoms with Gasteiger partial charge in [-0.2, -0.15) is 4.39 Å². The molecule has 1 aliphatic heterocycles. The fourth-order valence-corrected chi connectivity index (χ4v) is 4.80. The van der Waals surface area contributed by atoms with Crippen LogP contribution in [0.4, 0.5) is 26.3 Å². The van der Waals surface area contributed by atoms with Crippen molar-refractivity contribution in [2.75, 3.05) is 13.2 Å². The van der Waals surface area contributed by atoms with Crippen molar-refractivity contribution in [3.05, 3.63) is 94.1 Å². The van der Waals surface area contributed by atoms with Crippen LogP contribution in [0.5, 0.6) is 5.75 Å². The smallest absolute Gasteiger partial charge is 0.201 e. The van der Waals surface area contributed by atoms with Gasteiger partial charge in [0.05, 0.1) is 19.3 Å². The van der Waals surface area contributed by atoms with Gasteiger partial charge in [0.25, 0.3) is 0 Å². The van der Waals surface area contributed by atoms with E-state index in [1.807, 2.05) is 0 Å². The van der Waals surface area contributed by atoms with Crippen molar-refractivity contribution in [1.29, 1.82) is 0 Å². The van der Waals surface area contributed by atoms with E-state index in [1.165, 1.54) is 30.3 Å². The van der Waals surface area contributed by atoms with Gasteiger partial charge in [0, 0.05) is 22.6 Å². The number of allylic oxidation sites excluding steroid dienone is 1. The Morgan fingerprint density at radius 2 is 1.53 bits per heavy atom. The molecule has 2 nitrogen and oxygen atoms in total. The lowest BCUT2D eigenvalue weighted by Crippen LogP contribution is -2.26. The number of benzene rings is 3. The van der Waals surface area contributed by atoms with E-state index in [9.17, 15) is 22.0 Å². The molecule has 0 bridgehead atoms. The van der Waals surface area contributed by atoms with Crippen LogP contribution in [0, 0.1) is 34.9 Å². The number of rotatable bonds is 8. The van der Waals surface area contributed by atoms with E-state index in [0.29, 0.717) is 19.3 Å². The summed E-state index contributed by atoms with van der Waals surface area (Å²) in [6.45, 7) is 3.57. The second-order valence-corrected chi connectivity index (χ2v) is 9.21.